The van der Waals surface area contributed by atoms with Crippen LogP contribution in [0.1, 0.15) is 20.3 Å². The second kappa shape index (κ2) is 5.68. The number of methoxy groups -OCH3 is 1. The number of aliphatic hydroxyl groups is 1. The molecule has 1 aromatic carbocycles. The standard InChI is InChI=1S/C12H17NO5/c1-12(2,14)6-7-18-11-5-4-9(17-3)8-10(11)13(15)16/h4-5,8,14H,6-7H2,1-3H3. The Balaban J connectivity index is 2.79. The Labute approximate surface area is 105 Å². The fraction of sp³-hybridized carbons (Fsp3) is 0.500. The lowest BCUT2D eigenvalue weighted by Gasteiger charge is -2.17. The maximum absolute atomic E-state index is 10.9. The van der Waals surface area contributed by atoms with Crippen molar-refractivity contribution in [2.45, 2.75) is 25.9 Å². The number of hydrogen-bond acceptors (Lipinski definition) is 5. The van der Waals surface area contributed by atoms with Gasteiger partial charge in [-0.25, -0.2) is 0 Å². The third-order valence-corrected chi connectivity index (χ3v) is 2.33. The Morgan fingerprint density at radius 1 is 1.44 bits per heavy atom. The molecule has 1 N–H and O–H groups in total. The van der Waals surface area contributed by atoms with Crippen LogP contribution in [0.3, 0.4) is 0 Å². The molecule has 1 aromatic rings. The van der Waals surface area contributed by atoms with E-state index in [9.17, 15) is 15.2 Å². The monoisotopic (exact) mass is 255 g/mol. The minimum atomic E-state index is -0.860. The molecule has 18 heavy (non-hydrogen) atoms. The van der Waals surface area contributed by atoms with E-state index in [1.807, 2.05) is 0 Å². The Morgan fingerprint density at radius 3 is 2.61 bits per heavy atom. The van der Waals surface area contributed by atoms with Gasteiger partial charge in [0, 0.05) is 6.42 Å². The number of hydrogen-bond donors (Lipinski definition) is 1. The van der Waals surface area contributed by atoms with E-state index in [0.29, 0.717) is 12.2 Å². The van der Waals surface area contributed by atoms with Crippen LogP contribution in [-0.4, -0.2) is 29.3 Å². The van der Waals surface area contributed by atoms with Crippen molar-refractivity contribution in [3.8, 4) is 11.5 Å². The zero-order valence-corrected chi connectivity index (χ0v) is 10.7. The van der Waals surface area contributed by atoms with Gasteiger partial charge >= 0.3 is 5.69 Å². The number of rotatable bonds is 6. The number of ether oxygens (including phenoxy) is 2. The van der Waals surface area contributed by atoms with Gasteiger partial charge in [-0.3, -0.25) is 10.1 Å². The van der Waals surface area contributed by atoms with Crippen molar-refractivity contribution in [2.24, 2.45) is 0 Å². The lowest BCUT2D eigenvalue weighted by molar-refractivity contribution is -0.386. The van der Waals surface area contributed by atoms with Gasteiger partial charge in [0.05, 0.1) is 30.3 Å². The quantitative estimate of drug-likeness (QED) is 0.622. The van der Waals surface area contributed by atoms with Crippen molar-refractivity contribution in [3.05, 3.63) is 28.3 Å². The molecule has 0 fully saturated rings. The first-order valence-electron chi connectivity index (χ1n) is 5.51. The van der Waals surface area contributed by atoms with Crippen molar-refractivity contribution < 1.29 is 19.5 Å². The number of nitro benzene ring substituents is 1. The van der Waals surface area contributed by atoms with Crippen LogP contribution in [-0.2, 0) is 0 Å². The first-order chi connectivity index (χ1) is 8.33. The molecule has 0 heterocycles. The molecule has 0 spiro atoms. The third kappa shape index (κ3) is 4.21. The molecule has 0 aromatic heterocycles. The molecule has 0 unspecified atom stereocenters. The van der Waals surface area contributed by atoms with Crippen LogP contribution < -0.4 is 9.47 Å². The largest absolute Gasteiger partial charge is 0.496 e. The molecule has 0 aliphatic rings. The van der Waals surface area contributed by atoms with E-state index in [4.69, 9.17) is 9.47 Å². The Kier molecular flexibility index (Phi) is 4.49. The van der Waals surface area contributed by atoms with Gasteiger partial charge in [0.15, 0.2) is 5.75 Å². The van der Waals surface area contributed by atoms with Crippen molar-refractivity contribution in [1.82, 2.24) is 0 Å². The Hall–Kier alpha value is -1.82. The smallest absolute Gasteiger partial charge is 0.314 e. The van der Waals surface area contributed by atoms with E-state index < -0.39 is 10.5 Å². The van der Waals surface area contributed by atoms with Gasteiger partial charge in [0.25, 0.3) is 0 Å². The minimum Gasteiger partial charge on any atom is -0.496 e. The third-order valence-electron chi connectivity index (χ3n) is 2.33. The molecule has 0 saturated carbocycles. The zero-order valence-electron chi connectivity index (χ0n) is 10.7. The van der Waals surface area contributed by atoms with E-state index in [0.717, 1.165) is 0 Å². The second-order valence-electron chi connectivity index (χ2n) is 4.50. The van der Waals surface area contributed by atoms with Gasteiger partial charge < -0.3 is 14.6 Å². The first-order valence-corrected chi connectivity index (χ1v) is 5.51. The van der Waals surface area contributed by atoms with Crippen LogP contribution in [0.5, 0.6) is 11.5 Å². The molecule has 1 rings (SSSR count). The summed E-state index contributed by atoms with van der Waals surface area (Å²) in [4.78, 5) is 10.3. The molecule has 100 valence electrons. The van der Waals surface area contributed by atoms with Gasteiger partial charge in [-0.15, -0.1) is 0 Å². The Morgan fingerprint density at radius 2 is 2.11 bits per heavy atom. The molecule has 6 nitrogen and oxygen atoms in total. The maximum Gasteiger partial charge on any atom is 0.314 e. The van der Waals surface area contributed by atoms with Crippen LogP contribution >= 0.6 is 0 Å². The molecular weight excluding hydrogens is 238 g/mol. The average Bonchev–Trinajstić information content (AvgIpc) is 2.27. The van der Waals surface area contributed by atoms with Crippen molar-refractivity contribution in [1.29, 1.82) is 0 Å². The Bertz CT molecular complexity index is 425. The summed E-state index contributed by atoms with van der Waals surface area (Å²) >= 11 is 0. The predicted octanol–water partition coefficient (Wildman–Crippen LogP) is 2.14. The molecule has 0 bridgehead atoms. The molecule has 0 amide bonds. The van der Waals surface area contributed by atoms with E-state index in [1.165, 1.54) is 19.2 Å². The summed E-state index contributed by atoms with van der Waals surface area (Å²) in [6.07, 6.45) is 0.385. The highest BCUT2D eigenvalue weighted by Gasteiger charge is 2.18. The molecule has 0 atom stereocenters. The molecule has 0 saturated heterocycles. The lowest BCUT2D eigenvalue weighted by atomic mass is 10.1. The van der Waals surface area contributed by atoms with Gasteiger partial charge in [-0.2, -0.15) is 0 Å². The van der Waals surface area contributed by atoms with Gasteiger partial charge in [0.1, 0.15) is 5.75 Å². The molecule has 6 heteroatoms. The molecule has 0 aliphatic heterocycles. The molecule has 0 aliphatic carbocycles. The predicted molar refractivity (Wildman–Crippen MR) is 66.1 cm³/mol. The van der Waals surface area contributed by atoms with Gasteiger partial charge in [0.2, 0.25) is 0 Å². The van der Waals surface area contributed by atoms with Crippen molar-refractivity contribution >= 4 is 5.69 Å². The van der Waals surface area contributed by atoms with Crippen LogP contribution in [0, 0.1) is 10.1 Å². The summed E-state index contributed by atoms with van der Waals surface area (Å²) in [6.45, 7) is 3.51. The number of nitro groups is 1. The van der Waals surface area contributed by atoms with Crippen LogP contribution in [0.4, 0.5) is 5.69 Å². The topological polar surface area (TPSA) is 81.8 Å². The maximum atomic E-state index is 10.9. The summed E-state index contributed by atoms with van der Waals surface area (Å²) in [5.41, 5.74) is -1.01. The first kappa shape index (κ1) is 14.2. The normalized spacial score (nSPS) is 11.1. The summed E-state index contributed by atoms with van der Waals surface area (Å²) in [5, 5.41) is 20.4. The van der Waals surface area contributed by atoms with E-state index in [1.54, 1.807) is 19.9 Å². The van der Waals surface area contributed by atoms with Crippen LogP contribution in [0.25, 0.3) is 0 Å². The highest BCUT2D eigenvalue weighted by molar-refractivity contribution is 5.50. The zero-order chi connectivity index (χ0) is 13.8. The fourth-order valence-corrected chi connectivity index (χ4v) is 1.30. The van der Waals surface area contributed by atoms with E-state index >= 15 is 0 Å². The SMILES string of the molecule is COc1ccc(OCCC(C)(C)O)c([N+](=O)[O-])c1. The van der Waals surface area contributed by atoms with Gasteiger partial charge in [-0.1, -0.05) is 0 Å². The van der Waals surface area contributed by atoms with Crippen LogP contribution in [0.15, 0.2) is 18.2 Å². The van der Waals surface area contributed by atoms with E-state index in [-0.39, 0.29) is 18.0 Å². The summed E-state index contributed by atoms with van der Waals surface area (Å²) in [5.74, 6) is 0.571. The summed E-state index contributed by atoms with van der Waals surface area (Å²) < 4.78 is 10.2. The molecular formula is C12H17NO5. The average molecular weight is 255 g/mol. The second-order valence-corrected chi connectivity index (χ2v) is 4.50. The highest BCUT2D eigenvalue weighted by Crippen LogP contribution is 2.31. The summed E-state index contributed by atoms with van der Waals surface area (Å²) in [7, 11) is 1.44. The lowest BCUT2D eigenvalue weighted by Crippen LogP contribution is -2.21. The number of nitrogens with zero attached hydrogens (tertiary/aromatic N) is 1. The van der Waals surface area contributed by atoms with Crippen LogP contribution in [0.2, 0.25) is 0 Å². The van der Waals surface area contributed by atoms with Crippen molar-refractivity contribution in [2.75, 3.05) is 13.7 Å². The summed E-state index contributed by atoms with van der Waals surface area (Å²) in [6, 6.07) is 4.38. The number of benzene rings is 1. The minimum absolute atomic E-state index is 0.148. The fourth-order valence-electron chi connectivity index (χ4n) is 1.30. The molecule has 0 radical (unpaired) electrons. The van der Waals surface area contributed by atoms with E-state index in [2.05, 4.69) is 0 Å². The van der Waals surface area contributed by atoms with Gasteiger partial charge in [-0.05, 0) is 26.0 Å². The van der Waals surface area contributed by atoms with Crippen molar-refractivity contribution in [3.63, 3.8) is 0 Å². The highest BCUT2D eigenvalue weighted by atomic mass is 16.6.